The predicted molar refractivity (Wildman–Crippen MR) is 89.4 cm³/mol. The Morgan fingerprint density at radius 3 is 2.83 bits per heavy atom. The molecule has 0 amide bonds. The number of hydrogen-bond donors (Lipinski definition) is 0. The molecule has 6 nitrogen and oxygen atoms in total. The van der Waals surface area contributed by atoms with E-state index in [2.05, 4.69) is 4.98 Å². The summed E-state index contributed by atoms with van der Waals surface area (Å²) < 4.78 is 21.3. The minimum atomic E-state index is -0.233. The molecule has 2 aromatic heterocycles. The van der Waals surface area contributed by atoms with Crippen LogP contribution in [-0.2, 0) is 9.53 Å². The zero-order chi connectivity index (χ0) is 17.1. The van der Waals surface area contributed by atoms with Crippen LogP contribution in [0.1, 0.15) is 13.3 Å². The van der Waals surface area contributed by atoms with Gasteiger partial charge in [0.15, 0.2) is 0 Å². The third-order valence-corrected chi connectivity index (χ3v) is 3.95. The molecule has 2 heterocycles. The van der Waals surface area contributed by atoms with Gasteiger partial charge in [-0.15, -0.1) is 0 Å². The summed E-state index contributed by atoms with van der Waals surface area (Å²) in [6.07, 6.45) is 2.17. The Morgan fingerprint density at radius 2 is 2.08 bits per heavy atom. The third kappa shape index (κ3) is 2.99. The zero-order valence-corrected chi connectivity index (χ0v) is 13.9. The van der Waals surface area contributed by atoms with Crippen LogP contribution >= 0.6 is 0 Å². The Kier molecular flexibility index (Phi) is 4.55. The van der Waals surface area contributed by atoms with E-state index in [0.717, 1.165) is 22.0 Å². The lowest BCUT2D eigenvalue weighted by atomic mass is 10.1. The summed E-state index contributed by atoms with van der Waals surface area (Å²) in [6.45, 7) is 2.23. The van der Waals surface area contributed by atoms with Crippen LogP contribution in [0.15, 0.2) is 34.9 Å². The Bertz CT molecular complexity index is 870. The standard InChI is InChI=1S/C18H19NO5/c1-11(18(20)22-3)6-8-23-12-4-5-13-15(10-12)19-17-14(7-9-24-17)16(13)21-2/h4-5,7,9-11H,6,8H2,1-3H3. The smallest absolute Gasteiger partial charge is 0.308 e. The molecule has 0 fully saturated rings. The minimum Gasteiger partial charge on any atom is -0.495 e. The van der Waals surface area contributed by atoms with Crippen LogP contribution in [0.5, 0.6) is 11.5 Å². The number of carbonyl (C=O) groups is 1. The van der Waals surface area contributed by atoms with E-state index in [1.54, 1.807) is 13.4 Å². The highest BCUT2D eigenvalue weighted by Gasteiger charge is 2.14. The average Bonchev–Trinajstić information content (AvgIpc) is 3.06. The topological polar surface area (TPSA) is 70.8 Å². The van der Waals surface area contributed by atoms with E-state index in [4.69, 9.17) is 18.6 Å². The molecule has 1 atom stereocenters. The van der Waals surface area contributed by atoms with Crippen molar-refractivity contribution >= 4 is 28.0 Å². The van der Waals surface area contributed by atoms with Gasteiger partial charge in [0.2, 0.25) is 5.71 Å². The van der Waals surface area contributed by atoms with Crippen LogP contribution in [-0.4, -0.2) is 31.8 Å². The van der Waals surface area contributed by atoms with Gasteiger partial charge in [-0.1, -0.05) is 6.92 Å². The normalized spacial score (nSPS) is 12.3. The Balaban J connectivity index is 1.81. The lowest BCUT2D eigenvalue weighted by Crippen LogP contribution is -2.15. The molecule has 126 valence electrons. The van der Waals surface area contributed by atoms with Crippen LogP contribution in [0.4, 0.5) is 0 Å². The SMILES string of the molecule is COC(=O)C(C)CCOc1ccc2c(OC)c3ccoc3nc2c1. The number of rotatable bonds is 6. The molecule has 0 aliphatic rings. The molecule has 1 unspecified atom stereocenters. The first-order valence-electron chi connectivity index (χ1n) is 7.69. The molecule has 3 aromatic rings. The van der Waals surface area contributed by atoms with Gasteiger partial charge in [-0.2, -0.15) is 0 Å². The fourth-order valence-corrected chi connectivity index (χ4v) is 2.59. The van der Waals surface area contributed by atoms with Gasteiger partial charge >= 0.3 is 5.97 Å². The number of hydrogen-bond acceptors (Lipinski definition) is 6. The van der Waals surface area contributed by atoms with Gasteiger partial charge in [0.25, 0.3) is 0 Å². The zero-order valence-electron chi connectivity index (χ0n) is 13.9. The second-order valence-corrected chi connectivity index (χ2v) is 5.52. The van der Waals surface area contributed by atoms with Crippen molar-refractivity contribution < 1.29 is 23.4 Å². The lowest BCUT2D eigenvalue weighted by Gasteiger charge is -2.11. The first-order chi connectivity index (χ1) is 11.6. The van der Waals surface area contributed by atoms with Gasteiger partial charge in [-0.05, 0) is 24.6 Å². The number of esters is 1. The van der Waals surface area contributed by atoms with Gasteiger partial charge in [-0.25, -0.2) is 4.98 Å². The van der Waals surface area contributed by atoms with Crippen molar-refractivity contribution in [3.63, 3.8) is 0 Å². The van der Waals surface area contributed by atoms with Gasteiger partial charge in [0.1, 0.15) is 11.5 Å². The second kappa shape index (κ2) is 6.78. The number of methoxy groups -OCH3 is 2. The summed E-state index contributed by atoms with van der Waals surface area (Å²) in [4.78, 5) is 15.9. The van der Waals surface area contributed by atoms with E-state index in [-0.39, 0.29) is 11.9 Å². The summed E-state index contributed by atoms with van der Waals surface area (Å²) in [5, 5.41) is 1.73. The number of aromatic nitrogens is 1. The highest BCUT2D eigenvalue weighted by Crippen LogP contribution is 2.34. The van der Waals surface area contributed by atoms with E-state index in [9.17, 15) is 4.79 Å². The summed E-state index contributed by atoms with van der Waals surface area (Å²) in [5.74, 6) is 0.981. The average molecular weight is 329 g/mol. The van der Waals surface area contributed by atoms with Crippen LogP contribution in [0.3, 0.4) is 0 Å². The molecule has 0 saturated heterocycles. The quantitative estimate of drug-likeness (QED) is 0.644. The molecule has 0 spiro atoms. The van der Waals surface area contributed by atoms with Crippen LogP contribution < -0.4 is 9.47 Å². The molecule has 0 aliphatic heterocycles. The summed E-state index contributed by atoms with van der Waals surface area (Å²) in [5.41, 5.74) is 1.25. The van der Waals surface area contributed by atoms with E-state index in [1.165, 1.54) is 7.11 Å². The largest absolute Gasteiger partial charge is 0.495 e. The number of pyridine rings is 1. The molecular weight excluding hydrogens is 310 g/mol. The lowest BCUT2D eigenvalue weighted by molar-refractivity contribution is -0.145. The summed E-state index contributed by atoms with van der Waals surface area (Å²) >= 11 is 0. The Labute approximate surface area is 139 Å². The number of carbonyl (C=O) groups excluding carboxylic acids is 1. The van der Waals surface area contributed by atoms with Crippen molar-refractivity contribution in [2.75, 3.05) is 20.8 Å². The number of furan rings is 1. The predicted octanol–water partition coefficient (Wildman–Crippen LogP) is 3.57. The molecule has 0 aliphatic carbocycles. The number of benzene rings is 1. The van der Waals surface area contributed by atoms with Gasteiger partial charge in [0, 0.05) is 11.5 Å². The molecule has 24 heavy (non-hydrogen) atoms. The van der Waals surface area contributed by atoms with E-state index >= 15 is 0 Å². The molecule has 3 rings (SSSR count). The van der Waals surface area contributed by atoms with E-state index in [0.29, 0.717) is 24.5 Å². The molecule has 0 bridgehead atoms. The first-order valence-corrected chi connectivity index (χ1v) is 7.69. The molecular formula is C18H19NO5. The van der Waals surface area contributed by atoms with Crippen molar-refractivity contribution in [1.82, 2.24) is 4.98 Å². The maximum Gasteiger partial charge on any atom is 0.308 e. The molecule has 0 saturated carbocycles. The van der Waals surface area contributed by atoms with Crippen molar-refractivity contribution in [2.45, 2.75) is 13.3 Å². The Hall–Kier alpha value is -2.76. The fraction of sp³-hybridized carbons (Fsp3) is 0.333. The third-order valence-electron chi connectivity index (χ3n) is 3.95. The van der Waals surface area contributed by atoms with Gasteiger partial charge < -0.3 is 18.6 Å². The van der Waals surface area contributed by atoms with Crippen LogP contribution in [0.2, 0.25) is 0 Å². The number of nitrogens with zero attached hydrogens (tertiary/aromatic N) is 1. The molecule has 0 radical (unpaired) electrons. The first kappa shape index (κ1) is 16.1. The molecule has 0 N–H and O–H groups in total. The van der Waals surface area contributed by atoms with Crippen molar-refractivity contribution in [3.8, 4) is 11.5 Å². The van der Waals surface area contributed by atoms with Crippen molar-refractivity contribution in [3.05, 3.63) is 30.5 Å². The number of ether oxygens (including phenoxy) is 3. The molecule has 1 aromatic carbocycles. The maximum absolute atomic E-state index is 11.4. The van der Waals surface area contributed by atoms with E-state index in [1.807, 2.05) is 31.2 Å². The second-order valence-electron chi connectivity index (χ2n) is 5.52. The number of fused-ring (bicyclic) bond motifs is 2. The van der Waals surface area contributed by atoms with Gasteiger partial charge in [-0.3, -0.25) is 4.79 Å². The maximum atomic E-state index is 11.4. The summed E-state index contributed by atoms with van der Waals surface area (Å²) in [7, 11) is 3.01. The molecule has 6 heteroatoms. The van der Waals surface area contributed by atoms with Crippen LogP contribution in [0, 0.1) is 5.92 Å². The van der Waals surface area contributed by atoms with Crippen molar-refractivity contribution in [1.29, 1.82) is 0 Å². The van der Waals surface area contributed by atoms with E-state index < -0.39 is 0 Å². The highest BCUT2D eigenvalue weighted by molar-refractivity contribution is 5.99. The van der Waals surface area contributed by atoms with Crippen molar-refractivity contribution in [2.24, 2.45) is 5.92 Å². The Morgan fingerprint density at radius 1 is 1.25 bits per heavy atom. The minimum absolute atomic E-state index is 0.198. The monoisotopic (exact) mass is 329 g/mol. The summed E-state index contributed by atoms with van der Waals surface area (Å²) in [6, 6.07) is 7.44. The fourth-order valence-electron chi connectivity index (χ4n) is 2.59. The van der Waals surface area contributed by atoms with Gasteiger partial charge in [0.05, 0.1) is 43.9 Å². The highest BCUT2D eigenvalue weighted by atomic mass is 16.5. The van der Waals surface area contributed by atoms with Crippen LogP contribution in [0.25, 0.3) is 22.0 Å².